The molecule has 12 heteroatoms. The van der Waals surface area contributed by atoms with Crippen molar-refractivity contribution < 1.29 is 45.2 Å². The van der Waals surface area contributed by atoms with E-state index in [1.165, 1.54) is 0 Å². The number of halogens is 6. The Morgan fingerprint density at radius 3 is 1.97 bits per heavy atom. The Kier molecular flexibility index (Phi) is 8.12. The molecule has 1 aromatic carbocycles. The Hall–Kier alpha value is -1.57. The molecule has 0 atom stereocenters. The third-order valence-corrected chi connectivity index (χ3v) is 5.89. The lowest BCUT2D eigenvalue weighted by Crippen LogP contribution is -2.40. The van der Waals surface area contributed by atoms with Gasteiger partial charge in [-0.3, -0.25) is 9.42 Å². The maximum Gasteiger partial charge on any atom is 0.469 e. The molecule has 1 saturated heterocycles. The maximum absolute atomic E-state index is 12.9. The number of piperidine rings is 1. The predicted molar refractivity (Wildman–Crippen MR) is 104 cm³/mol. The summed E-state index contributed by atoms with van der Waals surface area (Å²) in [6, 6.07) is 1.25. The molecular weight excluding hydrogens is 463 g/mol. The van der Waals surface area contributed by atoms with Crippen LogP contribution in [0.2, 0.25) is 0 Å². The van der Waals surface area contributed by atoms with Crippen LogP contribution >= 0.6 is 7.82 Å². The molecule has 1 aliphatic heterocycles. The van der Waals surface area contributed by atoms with E-state index < -0.39 is 36.7 Å². The molecule has 0 spiro atoms. The zero-order chi connectivity index (χ0) is 24.4. The van der Waals surface area contributed by atoms with Crippen molar-refractivity contribution in [3.63, 3.8) is 0 Å². The van der Waals surface area contributed by atoms with Crippen LogP contribution in [0.1, 0.15) is 43.4 Å². The minimum absolute atomic E-state index is 0.0634. The van der Waals surface area contributed by atoms with Gasteiger partial charge >= 0.3 is 20.2 Å². The third-order valence-electron chi connectivity index (χ3n) is 5.42. The van der Waals surface area contributed by atoms with Gasteiger partial charge in [-0.05, 0) is 55.5 Å². The van der Waals surface area contributed by atoms with Crippen molar-refractivity contribution in [2.24, 2.45) is 11.3 Å². The Labute approximate surface area is 182 Å². The fraction of sp³-hybridized carbons (Fsp3) is 0.600. The van der Waals surface area contributed by atoms with Crippen LogP contribution in [0.3, 0.4) is 0 Å². The number of phosphoric acid groups is 1. The summed E-state index contributed by atoms with van der Waals surface area (Å²) in [7, 11) is -4.57. The smallest absolute Gasteiger partial charge is 0.303 e. The quantitative estimate of drug-likeness (QED) is 0.351. The van der Waals surface area contributed by atoms with Gasteiger partial charge in [-0.1, -0.05) is 25.7 Å². The molecule has 1 aromatic rings. The van der Waals surface area contributed by atoms with E-state index in [1.54, 1.807) is 0 Å². The molecule has 0 aliphatic carbocycles. The summed E-state index contributed by atoms with van der Waals surface area (Å²) in [4.78, 5) is 19.7. The number of alkyl halides is 6. The van der Waals surface area contributed by atoms with Crippen molar-refractivity contribution in [1.29, 1.82) is 0 Å². The van der Waals surface area contributed by atoms with Crippen LogP contribution in [0.5, 0.6) is 0 Å². The first-order valence-electron chi connectivity index (χ1n) is 9.68. The number of hydrogen-bond acceptors (Lipinski definition) is 3. The highest BCUT2D eigenvalue weighted by atomic mass is 31.2. The molecule has 2 rings (SSSR count). The van der Waals surface area contributed by atoms with Gasteiger partial charge in [0.15, 0.2) is 0 Å². The first kappa shape index (κ1) is 26.7. The lowest BCUT2D eigenvalue weighted by atomic mass is 9.74. The topological polar surface area (TPSA) is 70.0 Å². The van der Waals surface area contributed by atoms with E-state index in [1.807, 2.05) is 18.7 Å². The monoisotopic (exact) mass is 487 g/mol. The fourth-order valence-electron chi connectivity index (χ4n) is 3.52. The highest BCUT2D eigenvalue weighted by Crippen LogP contribution is 2.42. The van der Waals surface area contributed by atoms with Crippen LogP contribution in [0.15, 0.2) is 18.2 Å². The third kappa shape index (κ3) is 8.09. The van der Waals surface area contributed by atoms with Gasteiger partial charge in [-0.2, -0.15) is 26.3 Å². The average Bonchev–Trinajstić information content (AvgIpc) is 2.65. The van der Waals surface area contributed by atoms with Gasteiger partial charge in [-0.25, -0.2) is 4.57 Å². The second kappa shape index (κ2) is 9.74. The van der Waals surface area contributed by atoms with Crippen LogP contribution in [-0.4, -0.2) is 40.9 Å². The molecule has 1 heterocycles. The first-order chi connectivity index (χ1) is 14.5. The molecule has 0 bridgehead atoms. The molecular formula is C20H24F6NO4P. The van der Waals surface area contributed by atoms with Crippen molar-refractivity contribution >= 4 is 7.82 Å². The minimum atomic E-state index is -4.92. The highest BCUT2D eigenvalue weighted by Gasteiger charge is 2.37. The van der Waals surface area contributed by atoms with Crippen molar-refractivity contribution in [2.45, 2.75) is 39.0 Å². The van der Waals surface area contributed by atoms with E-state index in [4.69, 9.17) is 9.79 Å². The Morgan fingerprint density at radius 1 is 1.03 bits per heavy atom. The first-order valence-corrected chi connectivity index (χ1v) is 11.2. The number of hydrogen-bond donors (Lipinski definition) is 2. The summed E-state index contributed by atoms with van der Waals surface area (Å²) in [6.45, 7) is 4.90. The summed E-state index contributed by atoms with van der Waals surface area (Å²) < 4.78 is 93.1. The summed E-state index contributed by atoms with van der Waals surface area (Å²) in [6.07, 6.45) is -8.48. The molecule has 5 nitrogen and oxygen atoms in total. The Balaban J connectivity index is 2.01. The van der Waals surface area contributed by atoms with Crippen LogP contribution < -0.4 is 0 Å². The lowest BCUT2D eigenvalue weighted by Gasteiger charge is -2.40. The SMILES string of the molecule is CC(C)(COP(=O)(O)O)C1CCN(CC#Cc2cc(C(F)(F)F)cc(C(F)(F)F)c2)CC1. The number of benzene rings is 1. The number of phosphoric ester groups is 1. The van der Waals surface area contributed by atoms with Gasteiger partial charge in [0.1, 0.15) is 0 Å². The molecule has 0 amide bonds. The summed E-state index contributed by atoms with van der Waals surface area (Å²) in [5, 5.41) is 0. The van der Waals surface area contributed by atoms with Gasteiger partial charge in [0.2, 0.25) is 0 Å². The summed E-state index contributed by atoms with van der Waals surface area (Å²) in [5.41, 5.74) is -3.66. The van der Waals surface area contributed by atoms with Gasteiger partial charge in [0.05, 0.1) is 24.3 Å². The maximum atomic E-state index is 12.9. The second-order valence-corrected chi connectivity index (χ2v) is 9.64. The molecule has 0 aromatic heterocycles. The van der Waals surface area contributed by atoms with Gasteiger partial charge < -0.3 is 9.79 Å². The molecule has 180 valence electrons. The van der Waals surface area contributed by atoms with E-state index >= 15 is 0 Å². The summed E-state index contributed by atoms with van der Waals surface area (Å²) in [5.74, 6) is 5.16. The standard InChI is InChI=1S/C20H24F6NO4P/c1-18(2,13-31-32(28,29)30)15-5-8-27(9-6-15)7-3-4-14-10-16(19(21,22)23)12-17(11-14)20(24,25)26/h10-12,15H,5-9,13H2,1-2H3,(H2,28,29,30). The highest BCUT2D eigenvalue weighted by molar-refractivity contribution is 7.46. The van der Waals surface area contributed by atoms with Crippen LogP contribution in [0.25, 0.3) is 0 Å². The second-order valence-electron chi connectivity index (χ2n) is 8.40. The van der Waals surface area contributed by atoms with Crippen LogP contribution in [0, 0.1) is 23.2 Å². The van der Waals surface area contributed by atoms with Crippen LogP contribution in [-0.2, 0) is 21.4 Å². The Morgan fingerprint density at radius 2 is 1.53 bits per heavy atom. The predicted octanol–water partition coefficient (Wildman–Crippen LogP) is 4.92. The number of nitrogens with zero attached hydrogens (tertiary/aromatic N) is 1. The van der Waals surface area contributed by atoms with Crippen molar-refractivity contribution in [2.75, 3.05) is 26.2 Å². The molecule has 0 unspecified atom stereocenters. The molecule has 32 heavy (non-hydrogen) atoms. The molecule has 1 fully saturated rings. The van der Waals surface area contributed by atoms with Gasteiger partial charge in [0, 0.05) is 5.56 Å². The van der Waals surface area contributed by atoms with E-state index in [2.05, 4.69) is 16.4 Å². The van der Waals surface area contributed by atoms with Crippen molar-refractivity contribution in [1.82, 2.24) is 4.90 Å². The number of rotatable bonds is 5. The van der Waals surface area contributed by atoms with Crippen LogP contribution in [0.4, 0.5) is 26.3 Å². The summed E-state index contributed by atoms with van der Waals surface area (Å²) >= 11 is 0. The Bertz CT molecular complexity index is 873. The largest absolute Gasteiger partial charge is 0.469 e. The lowest BCUT2D eigenvalue weighted by molar-refractivity contribution is -0.143. The van der Waals surface area contributed by atoms with Crippen molar-refractivity contribution in [3.8, 4) is 11.8 Å². The van der Waals surface area contributed by atoms with E-state index in [9.17, 15) is 30.9 Å². The molecule has 0 saturated carbocycles. The zero-order valence-corrected chi connectivity index (χ0v) is 18.3. The normalized spacial score (nSPS) is 17.2. The minimum Gasteiger partial charge on any atom is -0.303 e. The van der Waals surface area contributed by atoms with Gasteiger partial charge in [0.25, 0.3) is 0 Å². The average molecular weight is 487 g/mol. The molecule has 2 N–H and O–H groups in total. The van der Waals surface area contributed by atoms with E-state index in [0.717, 1.165) is 0 Å². The fourth-order valence-corrected chi connectivity index (χ4v) is 4.02. The number of likely N-dealkylation sites (tertiary alicyclic amines) is 1. The molecule has 1 aliphatic rings. The van der Waals surface area contributed by atoms with Gasteiger partial charge in [-0.15, -0.1) is 0 Å². The molecule has 0 radical (unpaired) electrons. The zero-order valence-electron chi connectivity index (χ0n) is 17.4. The van der Waals surface area contributed by atoms with E-state index in [-0.39, 0.29) is 30.7 Å². The van der Waals surface area contributed by atoms with Crippen molar-refractivity contribution in [3.05, 3.63) is 34.9 Å². The van der Waals surface area contributed by atoms with E-state index in [0.29, 0.717) is 38.1 Å².